The van der Waals surface area contributed by atoms with E-state index in [0.717, 1.165) is 5.69 Å². The van der Waals surface area contributed by atoms with Crippen LogP contribution in [-0.2, 0) is 0 Å². The minimum absolute atomic E-state index is 0.337. The minimum atomic E-state index is -0.394. The van der Waals surface area contributed by atoms with Crippen LogP contribution in [0.1, 0.15) is 31.4 Å². The molecule has 7 nitrogen and oxygen atoms in total. The Morgan fingerprint density at radius 3 is 2.59 bits per heavy atom. The molecule has 0 radical (unpaired) electrons. The standard InChI is InChI=1S/C20H16FN5O2S/c1-11-9-17-22-10-15(12(2)26(17)25-11)19(27)24-16-7-8-29-18(16)20(28)23-14-5-3-13(21)4-6-14/h3-10H,1-2H3,(H,23,28)(H,24,27). The van der Waals surface area contributed by atoms with Crippen LogP contribution in [0.5, 0.6) is 0 Å². The Balaban J connectivity index is 1.55. The number of rotatable bonds is 4. The molecule has 0 aliphatic heterocycles. The fraction of sp³-hybridized carbons (Fsp3) is 0.100. The molecule has 0 fully saturated rings. The molecule has 2 N–H and O–H groups in total. The van der Waals surface area contributed by atoms with E-state index in [-0.39, 0.29) is 11.7 Å². The summed E-state index contributed by atoms with van der Waals surface area (Å²) in [7, 11) is 0. The molecule has 3 aromatic heterocycles. The summed E-state index contributed by atoms with van der Waals surface area (Å²) in [6.07, 6.45) is 1.49. The number of thiophene rings is 1. The number of carbonyl (C=O) groups excluding carboxylic acids is 2. The van der Waals surface area contributed by atoms with Gasteiger partial charge in [-0.25, -0.2) is 13.9 Å². The predicted molar refractivity (Wildman–Crippen MR) is 109 cm³/mol. The van der Waals surface area contributed by atoms with E-state index in [0.29, 0.717) is 33.2 Å². The number of hydrogen-bond donors (Lipinski definition) is 2. The van der Waals surface area contributed by atoms with Crippen LogP contribution < -0.4 is 10.6 Å². The van der Waals surface area contributed by atoms with Crippen molar-refractivity contribution in [1.82, 2.24) is 14.6 Å². The van der Waals surface area contributed by atoms with Crippen molar-refractivity contribution in [2.24, 2.45) is 0 Å². The van der Waals surface area contributed by atoms with E-state index in [1.807, 2.05) is 13.0 Å². The van der Waals surface area contributed by atoms with E-state index in [4.69, 9.17) is 0 Å². The zero-order valence-corrected chi connectivity index (χ0v) is 16.4. The molecule has 9 heteroatoms. The zero-order valence-electron chi connectivity index (χ0n) is 15.6. The lowest BCUT2D eigenvalue weighted by Gasteiger charge is -2.10. The highest BCUT2D eigenvalue weighted by Gasteiger charge is 2.19. The summed E-state index contributed by atoms with van der Waals surface area (Å²) in [5.41, 5.74) is 3.31. The summed E-state index contributed by atoms with van der Waals surface area (Å²) >= 11 is 1.19. The van der Waals surface area contributed by atoms with Crippen molar-refractivity contribution >= 4 is 40.2 Å². The average Bonchev–Trinajstić information content (AvgIpc) is 3.30. The molecular formula is C20H16FN5O2S. The number of anilines is 2. The van der Waals surface area contributed by atoms with E-state index in [1.165, 1.54) is 41.8 Å². The molecule has 3 heterocycles. The third-order valence-electron chi connectivity index (χ3n) is 4.31. The Morgan fingerprint density at radius 2 is 1.83 bits per heavy atom. The van der Waals surface area contributed by atoms with Crippen molar-refractivity contribution in [2.75, 3.05) is 10.6 Å². The molecule has 29 heavy (non-hydrogen) atoms. The van der Waals surface area contributed by atoms with Gasteiger partial charge >= 0.3 is 0 Å². The maximum Gasteiger partial charge on any atom is 0.267 e. The summed E-state index contributed by atoms with van der Waals surface area (Å²) in [5, 5.41) is 11.5. The Hall–Kier alpha value is -3.59. The van der Waals surface area contributed by atoms with Gasteiger partial charge < -0.3 is 10.6 Å². The number of benzene rings is 1. The molecule has 0 saturated heterocycles. The molecule has 0 aliphatic carbocycles. The molecule has 0 aliphatic rings. The van der Waals surface area contributed by atoms with Crippen molar-refractivity contribution in [3.8, 4) is 0 Å². The average molecular weight is 409 g/mol. The van der Waals surface area contributed by atoms with Crippen molar-refractivity contribution < 1.29 is 14.0 Å². The summed E-state index contributed by atoms with van der Waals surface area (Å²) in [6.45, 7) is 3.64. The van der Waals surface area contributed by atoms with Gasteiger partial charge in [0, 0.05) is 18.0 Å². The van der Waals surface area contributed by atoms with Gasteiger partial charge in [-0.2, -0.15) is 5.10 Å². The summed E-state index contributed by atoms with van der Waals surface area (Å²) in [6, 6.07) is 8.93. The molecular weight excluding hydrogens is 393 g/mol. The molecule has 2 amide bonds. The zero-order chi connectivity index (χ0) is 20.5. The van der Waals surface area contributed by atoms with E-state index in [9.17, 15) is 14.0 Å². The molecule has 0 bridgehead atoms. The van der Waals surface area contributed by atoms with Crippen LogP contribution in [0, 0.1) is 19.7 Å². The fourth-order valence-corrected chi connectivity index (χ4v) is 3.62. The Bertz CT molecular complexity index is 1230. The van der Waals surface area contributed by atoms with Gasteiger partial charge in [-0.15, -0.1) is 11.3 Å². The molecule has 0 spiro atoms. The van der Waals surface area contributed by atoms with Gasteiger partial charge in [-0.1, -0.05) is 0 Å². The number of halogens is 1. The highest BCUT2D eigenvalue weighted by Crippen LogP contribution is 2.25. The van der Waals surface area contributed by atoms with Gasteiger partial charge in [0.2, 0.25) is 0 Å². The molecule has 0 atom stereocenters. The van der Waals surface area contributed by atoms with E-state index in [1.54, 1.807) is 22.9 Å². The first-order valence-corrected chi connectivity index (χ1v) is 9.58. The van der Waals surface area contributed by atoms with Crippen LogP contribution in [0.25, 0.3) is 5.65 Å². The normalized spacial score (nSPS) is 10.9. The molecule has 4 rings (SSSR count). The Morgan fingerprint density at radius 1 is 1.07 bits per heavy atom. The van der Waals surface area contributed by atoms with Crippen molar-refractivity contribution in [2.45, 2.75) is 13.8 Å². The fourth-order valence-electron chi connectivity index (χ4n) is 2.88. The first-order chi connectivity index (χ1) is 13.9. The van der Waals surface area contributed by atoms with E-state index in [2.05, 4.69) is 20.7 Å². The molecule has 0 saturated carbocycles. The van der Waals surface area contributed by atoms with E-state index >= 15 is 0 Å². The van der Waals surface area contributed by atoms with Gasteiger partial charge in [0.1, 0.15) is 10.7 Å². The summed E-state index contributed by atoms with van der Waals surface area (Å²) in [5.74, 6) is -1.17. The van der Waals surface area contributed by atoms with Crippen LogP contribution >= 0.6 is 11.3 Å². The second kappa shape index (κ2) is 7.44. The lowest BCUT2D eigenvalue weighted by atomic mass is 10.2. The molecule has 0 unspecified atom stereocenters. The third kappa shape index (κ3) is 3.72. The monoisotopic (exact) mass is 409 g/mol. The molecule has 4 aromatic rings. The number of aromatic nitrogens is 3. The van der Waals surface area contributed by atoms with Gasteiger partial charge in [0.05, 0.1) is 22.6 Å². The van der Waals surface area contributed by atoms with Gasteiger partial charge in [-0.3, -0.25) is 9.59 Å². The largest absolute Gasteiger partial charge is 0.321 e. The topological polar surface area (TPSA) is 88.4 Å². The molecule has 1 aromatic carbocycles. The summed E-state index contributed by atoms with van der Waals surface area (Å²) in [4.78, 5) is 30.0. The quantitative estimate of drug-likeness (QED) is 0.532. The van der Waals surface area contributed by atoms with Gasteiger partial charge in [0.15, 0.2) is 5.65 Å². The van der Waals surface area contributed by atoms with E-state index < -0.39 is 5.91 Å². The highest BCUT2D eigenvalue weighted by atomic mass is 32.1. The minimum Gasteiger partial charge on any atom is -0.321 e. The van der Waals surface area contributed by atoms with Crippen molar-refractivity contribution in [3.63, 3.8) is 0 Å². The van der Waals surface area contributed by atoms with Crippen LogP contribution in [0.3, 0.4) is 0 Å². The first-order valence-electron chi connectivity index (χ1n) is 8.70. The number of nitrogens with one attached hydrogen (secondary N) is 2. The van der Waals surface area contributed by atoms with Crippen molar-refractivity contribution in [1.29, 1.82) is 0 Å². The lowest BCUT2D eigenvalue weighted by Crippen LogP contribution is -2.18. The number of fused-ring (bicyclic) bond motifs is 1. The van der Waals surface area contributed by atoms with Crippen molar-refractivity contribution in [3.05, 3.63) is 75.6 Å². The SMILES string of the molecule is Cc1cc2ncc(C(=O)Nc3ccsc3C(=O)Nc3ccc(F)cc3)c(C)n2n1. The van der Waals surface area contributed by atoms with Crippen LogP contribution in [0.4, 0.5) is 15.8 Å². The number of hydrogen-bond acceptors (Lipinski definition) is 5. The summed E-state index contributed by atoms with van der Waals surface area (Å²) < 4.78 is 14.6. The second-order valence-corrected chi connectivity index (χ2v) is 7.31. The molecule has 146 valence electrons. The maximum absolute atomic E-state index is 13.0. The van der Waals surface area contributed by atoms with Gasteiger partial charge in [-0.05, 0) is 49.6 Å². The lowest BCUT2D eigenvalue weighted by molar-refractivity contribution is 0.102. The van der Waals surface area contributed by atoms with Gasteiger partial charge in [0.25, 0.3) is 11.8 Å². The van der Waals surface area contributed by atoms with Crippen LogP contribution in [0.15, 0.2) is 48.0 Å². The number of nitrogens with zero attached hydrogens (tertiary/aromatic N) is 3. The first kappa shape index (κ1) is 18.8. The number of amides is 2. The van der Waals surface area contributed by atoms with Crippen LogP contribution in [-0.4, -0.2) is 26.4 Å². The highest BCUT2D eigenvalue weighted by molar-refractivity contribution is 7.12. The predicted octanol–water partition coefficient (Wildman–Crippen LogP) is 4.05. The third-order valence-corrected chi connectivity index (χ3v) is 5.23. The second-order valence-electron chi connectivity index (χ2n) is 6.39. The number of aryl methyl sites for hydroxylation is 2. The smallest absolute Gasteiger partial charge is 0.267 e. The Kier molecular flexibility index (Phi) is 4.81. The van der Waals surface area contributed by atoms with Crippen LogP contribution in [0.2, 0.25) is 0 Å². The Labute approximate surface area is 169 Å². The maximum atomic E-state index is 13.0. The number of carbonyl (C=O) groups is 2.